The first-order valence-electron chi connectivity index (χ1n) is 11.1. The number of piperidine rings is 1. The van der Waals surface area contributed by atoms with Gasteiger partial charge < -0.3 is 19.8 Å². The molecule has 9 heteroatoms. The van der Waals surface area contributed by atoms with Gasteiger partial charge >= 0.3 is 6.61 Å². The number of hydrogen-bond acceptors (Lipinski definition) is 5. The minimum Gasteiger partial charge on any atom is -0.444 e. The standard InChI is InChI=1S/C23H33F2N5O2/c1-4-26-23(28-14-19-7-5-6-8-20(19)32-22(24)25)27-13-18-9-11-30(12-10-18)15-21-29-16(2)17(3)31-21/h5-8,18,22H,4,9-15H2,1-3H3,(H2,26,27,28). The van der Waals surface area contributed by atoms with Crippen molar-refractivity contribution in [2.75, 3.05) is 26.2 Å². The Morgan fingerprint density at radius 1 is 1.25 bits per heavy atom. The number of oxazole rings is 1. The number of hydrogen-bond donors (Lipinski definition) is 2. The second-order valence-electron chi connectivity index (χ2n) is 8.03. The van der Waals surface area contributed by atoms with Crippen LogP contribution < -0.4 is 15.4 Å². The average Bonchev–Trinajstić information content (AvgIpc) is 3.08. The number of rotatable bonds is 9. The van der Waals surface area contributed by atoms with Crippen LogP contribution >= 0.6 is 0 Å². The molecule has 1 aliphatic heterocycles. The van der Waals surface area contributed by atoms with E-state index in [2.05, 4.69) is 30.2 Å². The minimum atomic E-state index is -2.85. The van der Waals surface area contributed by atoms with Crippen LogP contribution in [0.25, 0.3) is 0 Å². The summed E-state index contributed by atoms with van der Waals surface area (Å²) >= 11 is 0. The van der Waals surface area contributed by atoms with Crippen molar-refractivity contribution in [1.29, 1.82) is 0 Å². The maximum absolute atomic E-state index is 12.6. The van der Waals surface area contributed by atoms with Crippen LogP contribution in [0.15, 0.2) is 33.7 Å². The van der Waals surface area contributed by atoms with Crippen molar-refractivity contribution in [3.05, 3.63) is 47.2 Å². The molecule has 0 aliphatic carbocycles. The van der Waals surface area contributed by atoms with Gasteiger partial charge in [-0.05, 0) is 58.7 Å². The smallest absolute Gasteiger partial charge is 0.387 e. The van der Waals surface area contributed by atoms with Gasteiger partial charge in [0.1, 0.15) is 11.5 Å². The summed E-state index contributed by atoms with van der Waals surface area (Å²) in [5, 5.41) is 6.62. The highest BCUT2D eigenvalue weighted by molar-refractivity contribution is 5.79. The van der Waals surface area contributed by atoms with Crippen LogP contribution in [0.4, 0.5) is 8.78 Å². The lowest BCUT2D eigenvalue weighted by Gasteiger charge is -2.31. The molecule has 0 saturated carbocycles. The van der Waals surface area contributed by atoms with Crippen molar-refractivity contribution in [3.63, 3.8) is 0 Å². The van der Waals surface area contributed by atoms with Gasteiger partial charge in [0.2, 0.25) is 5.89 Å². The number of para-hydroxylation sites is 1. The fraction of sp³-hybridized carbons (Fsp3) is 0.565. The monoisotopic (exact) mass is 449 g/mol. The maximum atomic E-state index is 12.6. The summed E-state index contributed by atoms with van der Waals surface area (Å²) in [4.78, 5) is 11.4. The molecule has 0 radical (unpaired) electrons. The van der Waals surface area contributed by atoms with Crippen LogP contribution in [0.3, 0.4) is 0 Å². The van der Waals surface area contributed by atoms with E-state index in [4.69, 9.17) is 4.42 Å². The summed E-state index contributed by atoms with van der Waals surface area (Å²) in [6, 6.07) is 6.74. The van der Waals surface area contributed by atoms with Crippen molar-refractivity contribution in [2.45, 2.75) is 53.3 Å². The zero-order valence-electron chi connectivity index (χ0n) is 19.0. The van der Waals surface area contributed by atoms with Crippen molar-refractivity contribution in [2.24, 2.45) is 10.9 Å². The molecule has 32 heavy (non-hydrogen) atoms. The van der Waals surface area contributed by atoms with E-state index in [0.717, 1.165) is 56.4 Å². The van der Waals surface area contributed by atoms with Crippen molar-refractivity contribution in [1.82, 2.24) is 20.5 Å². The molecule has 0 amide bonds. The molecule has 7 nitrogen and oxygen atoms in total. The Kier molecular flexibility index (Phi) is 8.84. The van der Waals surface area contributed by atoms with Gasteiger partial charge in [-0.3, -0.25) is 4.90 Å². The number of nitrogens with one attached hydrogen (secondary N) is 2. The van der Waals surface area contributed by atoms with Gasteiger partial charge in [0, 0.05) is 18.7 Å². The van der Waals surface area contributed by atoms with Gasteiger partial charge in [-0.1, -0.05) is 18.2 Å². The van der Waals surface area contributed by atoms with E-state index in [0.29, 0.717) is 24.0 Å². The normalized spacial score (nSPS) is 15.9. The van der Waals surface area contributed by atoms with Crippen LogP contribution in [0.1, 0.15) is 42.7 Å². The molecule has 176 valence electrons. The minimum absolute atomic E-state index is 0.158. The molecule has 1 fully saturated rings. The van der Waals surface area contributed by atoms with E-state index in [9.17, 15) is 8.78 Å². The topological polar surface area (TPSA) is 74.9 Å². The lowest BCUT2D eigenvalue weighted by Crippen LogP contribution is -2.42. The highest BCUT2D eigenvalue weighted by atomic mass is 19.3. The second-order valence-corrected chi connectivity index (χ2v) is 8.03. The molecule has 1 aromatic heterocycles. The van der Waals surface area contributed by atoms with Crippen molar-refractivity contribution < 1.29 is 17.9 Å². The molecule has 2 aromatic rings. The zero-order chi connectivity index (χ0) is 22.9. The number of guanidine groups is 1. The number of halogens is 2. The number of aryl methyl sites for hydroxylation is 2. The van der Waals surface area contributed by atoms with Crippen LogP contribution in [0.2, 0.25) is 0 Å². The second kappa shape index (κ2) is 11.8. The van der Waals surface area contributed by atoms with Crippen LogP contribution in [-0.4, -0.2) is 48.6 Å². The van der Waals surface area contributed by atoms with Crippen LogP contribution in [0.5, 0.6) is 5.75 Å². The number of alkyl halides is 2. The average molecular weight is 450 g/mol. The molecule has 1 aliphatic rings. The highest BCUT2D eigenvalue weighted by Gasteiger charge is 2.21. The molecular formula is C23H33F2N5O2. The number of aromatic nitrogens is 1. The number of ether oxygens (including phenoxy) is 1. The summed E-state index contributed by atoms with van der Waals surface area (Å²) in [7, 11) is 0. The van der Waals surface area contributed by atoms with Gasteiger partial charge in [0.15, 0.2) is 5.96 Å². The molecule has 0 unspecified atom stereocenters. The Bertz CT molecular complexity index is 860. The van der Waals surface area contributed by atoms with Gasteiger partial charge in [-0.2, -0.15) is 8.78 Å². The number of nitrogens with zero attached hydrogens (tertiary/aromatic N) is 3. The quantitative estimate of drug-likeness (QED) is 0.447. The van der Waals surface area contributed by atoms with Gasteiger partial charge in [-0.15, -0.1) is 0 Å². The summed E-state index contributed by atoms with van der Waals surface area (Å²) in [5.74, 6) is 3.04. The Labute approximate surface area is 188 Å². The Hall–Kier alpha value is -2.68. The molecule has 0 spiro atoms. The van der Waals surface area contributed by atoms with Crippen LogP contribution in [0, 0.1) is 19.8 Å². The Balaban J connectivity index is 1.48. The van der Waals surface area contributed by atoms with Gasteiger partial charge in [-0.25, -0.2) is 9.98 Å². The first-order valence-corrected chi connectivity index (χ1v) is 11.1. The third kappa shape index (κ3) is 7.19. The Morgan fingerprint density at radius 3 is 2.66 bits per heavy atom. The zero-order valence-corrected chi connectivity index (χ0v) is 19.0. The summed E-state index contributed by atoms with van der Waals surface area (Å²) in [5.41, 5.74) is 1.58. The molecule has 1 saturated heterocycles. The van der Waals surface area contributed by atoms with Gasteiger partial charge in [0.25, 0.3) is 0 Å². The lowest BCUT2D eigenvalue weighted by molar-refractivity contribution is -0.0504. The number of likely N-dealkylation sites (tertiary alicyclic amines) is 1. The van der Waals surface area contributed by atoms with E-state index in [1.54, 1.807) is 18.2 Å². The molecule has 0 atom stereocenters. The highest BCUT2D eigenvalue weighted by Crippen LogP contribution is 2.21. The molecule has 1 aromatic carbocycles. The van der Waals surface area contributed by atoms with Crippen LogP contribution in [-0.2, 0) is 13.1 Å². The fourth-order valence-corrected chi connectivity index (χ4v) is 3.74. The number of aliphatic imine (C=N–C) groups is 1. The van der Waals surface area contributed by atoms with Crippen molar-refractivity contribution in [3.8, 4) is 5.75 Å². The molecule has 2 N–H and O–H groups in total. The first-order chi connectivity index (χ1) is 15.4. The third-order valence-electron chi connectivity index (χ3n) is 5.64. The molecule has 2 heterocycles. The van der Waals surface area contributed by atoms with E-state index < -0.39 is 6.61 Å². The SMILES string of the molecule is CCNC(=NCc1ccccc1OC(F)F)NCC1CCN(Cc2nc(C)c(C)o2)CC1. The Morgan fingerprint density at radius 2 is 2.00 bits per heavy atom. The predicted molar refractivity (Wildman–Crippen MR) is 120 cm³/mol. The molecule has 0 bridgehead atoms. The number of benzene rings is 1. The lowest BCUT2D eigenvalue weighted by atomic mass is 9.97. The largest absolute Gasteiger partial charge is 0.444 e. The summed E-state index contributed by atoms with van der Waals surface area (Å²) in [6.07, 6.45) is 2.16. The van der Waals surface area contributed by atoms with E-state index in [1.807, 2.05) is 20.8 Å². The fourth-order valence-electron chi connectivity index (χ4n) is 3.74. The summed E-state index contributed by atoms with van der Waals surface area (Å²) in [6.45, 7) is 7.58. The van der Waals surface area contributed by atoms with Gasteiger partial charge in [0.05, 0.1) is 18.8 Å². The molecular weight excluding hydrogens is 416 g/mol. The predicted octanol–water partition coefficient (Wildman–Crippen LogP) is 3.86. The van der Waals surface area contributed by atoms with E-state index in [1.165, 1.54) is 6.07 Å². The third-order valence-corrected chi connectivity index (χ3v) is 5.64. The van der Waals surface area contributed by atoms with Crippen molar-refractivity contribution >= 4 is 5.96 Å². The van der Waals surface area contributed by atoms with E-state index >= 15 is 0 Å². The maximum Gasteiger partial charge on any atom is 0.387 e. The summed E-state index contributed by atoms with van der Waals surface area (Å²) < 4.78 is 35.5. The van der Waals surface area contributed by atoms with E-state index in [-0.39, 0.29) is 12.3 Å². The molecule has 3 rings (SSSR count). The first kappa shape index (κ1) is 24.0.